The van der Waals surface area contributed by atoms with E-state index < -0.39 is 13.7 Å². The zero-order valence-electron chi connectivity index (χ0n) is 13.1. The molecule has 1 aromatic rings. The fourth-order valence-electron chi connectivity index (χ4n) is 2.23. The van der Waals surface area contributed by atoms with Gasteiger partial charge in [-0.2, -0.15) is 0 Å². The molecule has 0 heterocycles. The van der Waals surface area contributed by atoms with Crippen LogP contribution in [0.1, 0.15) is 32.3 Å². The van der Waals surface area contributed by atoms with Gasteiger partial charge in [0.25, 0.3) is 0 Å². The quantitative estimate of drug-likeness (QED) is 0.752. The van der Waals surface area contributed by atoms with E-state index in [1.54, 1.807) is 0 Å². The second-order valence-corrected chi connectivity index (χ2v) is 11.9. The van der Waals surface area contributed by atoms with E-state index in [4.69, 9.17) is 0 Å². The first-order valence-electron chi connectivity index (χ1n) is 7.27. The molecule has 1 unspecified atom stereocenters. The van der Waals surface area contributed by atoms with Crippen molar-refractivity contribution in [2.45, 2.75) is 58.5 Å². The molecule has 108 valence electrons. The Kier molecular flexibility index (Phi) is 5.77. The summed E-state index contributed by atoms with van der Waals surface area (Å²) in [5.41, 5.74) is 0.696. The van der Waals surface area contributed by atoms with Crippen LogP contribution in [0.5, 0.6) is 0 Å². The molecule has 2 nitrogen and oxygen atoms in total. The molecule has 0 radical (unpaired) electrons. The second kappa shape index (κ2) is 6.68. The summed E-state index contributed by atoms with van der Waals surface area (Å²) >= 11 is 0. The molecule has 0 aliphatic rings. The van der Waals surface area contributed by atoms with Gasteiger partial charge in [0.1, 0.15) is 0 Å². The number of nitrogens with one attached hydrogen (secondary N) is 1. The van der Waals surface area contributed by atoms with Crippen molar-refractivity contribution in [3.05, 3.63) is 29.8 Å². The molecule has 0 fully saturated rings. The third-order valence-corrected chi connectivity index (χ3v) is 5.51. The van der Waals surface area contributed by atoms with Crippen LogP contribution in [0.2, 0.25) is 19.6 Å². The standard InChI is InChI=1S/C16H29NOSi/c1-6-11-16(2,18)13-17-12-14-7-9-15(10-8-14)19(3,4)5/h7-10,17-18H,6,11-13H2,1-5H3. The summed E-state index contributed by atoms with van der Waals surface area (Å²) < 4.78 is 0. The van der Waals surface area contributed by atoms with Crippen LogP contribution in [-0.2, 0) is 6.54 Å². The minimum atomic E-state index is -1.19. The molecule has 1 rings (SSSR count). The lowest BCUT2D eigenvalue weighted by atomic mass is 10.0. The Morgan fingerprint density at radius 3 is 2.21 bits per heavy atom. The summed E-state index contributed by atoms with van der Waals surface area (Å²) in [6, 6.07) is 8.92. The van der Waals surface area contributed by atoms with E-state index in [0.717, 1.165) is 19.4 Å². The topological polar surface area (TPSA) is 32.3 Å². The number of benzene rings is 1. The molecule has 0 saturated heterocycles. The molecule has 3 heteroatoms. The van der Waals surface area contributed by atoms with Crippen molar-refractivity contribution in [1.29, 1.82) is 0 Å². The van der Waals surface area contributed by atoms with Gasteiger partial charge >= 0.3 is 0 Å². The van der Waals surface area contributed by atoms with Crippen LogP contribution in [0.25, 0.3) is 0 Å². The van der Waals surface area contributed by atoms with E-state index in [9.17, 15) is 5.11 Å². The Bertz CT molecular complexity index is 379. The van der Waals surface area contributed by atoms with Crippen LogP contribution >= 0.6 is 0 Å². The van der Waals surface area contributed by atoms with Gasteiger partial charge in [-0.3, -0.25) is 0 Å². The zero-order valence-corrected chi connectivity index (χ0v) is 14.1. The van der Waals surface area contributed by atoms with E-state index >= 15 is 0 Å². The monoisotopic (exact) mass is 279 g/mol. The maximum absolute atomic E-state index is 10.1. The van der Waals surface area contributed by atoms with Gasteiger partial charge in [-0.1, -0.05) is 62.4 Å². The third kappa shape index (κ3) is 5.89. The van der Waals surface area contributed by atoms with E-state index in [1.165, 1.54) is 10.8 Å². The smallest absolute Gasteiger partial charge is 0.0775 e. The Hall–Kier alpha value is -0.643. The summed E-state index contributed by atoms with van der Waals surface area (Å²) in [4.78, 5) is 0. The van der Waals surface area contributed by atoms with Crippen LogP contribution in [0.4, 0.5) is 0 Å². The van der Waals surface area contributed by atoms with E-state index in [-0.39, 0.29) is 0 Å². The van der Waals surface area contributed by atoms with Gasteiger partial charge in [-0.25, -0.2) is 0 Å². The highest BCUT2D eigenvalue weighted by atomic mass is 28.3. The van der Waals surface area contributed by atoms with Gasteiger partial charge in [0.2, 0.25) is 0 Å². The normalized spacial score (nSPS) is 15.3. The van der Waals surface area contributed by atoms with Crippen molar-refractivity contribution in [2.75, 3.05) is 6.54 Å². The molecule has 0 bridgehead atoms. The van der Waals surface area contributed by atoms with Gasteiger partial charge in [0, 0.05) is 13.1 Å². The van der Waals surface area contributed by atoms with Crippen molar-refractivity contribution in [3.63, 3.8) is 0 Å². The Labute approximate surface area is 119 Å². The molecule has 1 atom stereocenters. The minimum absolute atomic E-state index is 0.590. The van der Waals surface area contributed by atoms with E-state index in [1.807, 2.05) is 6.92 Å². The largest absolute Gasteiger partial charge is 0.389 e. The fourth-order valence-corrected chi connectivity index (χ4v) is 3.39. The number of aliphatic hydroxyl groups is 1. The van der Waals surface area contributed by atoms with Gasteiger partial charge in [-0.15, -0.1) is 0 Å². The molecule has 0 aliphatic heterocycles. The molecular weight excluding hydrogens is 250 g/mol. The van der Waals surface area contributed by atoms with Gasteiger partial charge in [0.15, 0.2) is 0 Å². The molecule has 0 amide bonds. The second-order valence-electron chi connectivity index (χ2n) is 6.80. The summed E-state index contributed by atoms with van der Waals surface area (Å²) in [7, 11) is -1.19. The average molecular weight is 279 g/mol. The predicted molar refractivity (Wildman–Crippen MR) is 86.7 cm³/mol. The lowest BCUT2D eigenvalue weighted by Crippen LogP contribution is -2.38. The highest BCUT2D eigenvalue weighted by Gasteiger charge is 2.18. The Morgan fingerprint density at radius 2 is 1.74 bits per heavy atom. The van der Waals surface area contributed by atoms with Crippen LogP contribution in [0.15, 0.2) is 24.3 Å². The maximum atomic E-state index is 10.1. The third-order valence-electron chi connectivity index (χ3n) is 3.44. The molecule has 0 aromatic heterocycles. The summed E-state index contributed by atoms with van der Waals surface area (Å²) in [5, 5.41) is 14.9. The van der Waals surface area contributed by atoms with Crippen molar-refractivity contribution in [2.24, 2.45) is 0 Å². The molecule has 2 N–H and O–H groups in total. The van der Waals surface area contributed by atoms with Gasteiger partial charge in [0.05, 0.1) is 13.7 Å². The fraction of sp³-hybridized carbons (Fsp3) is 0.625. The molecule has 0 saturated carbocycles. The molecular formula is C16H29NOSi. The highest BCUT2D eigenvalue weighted by molar-refractivity contribution is 6.88. The summed E-state index contributed by atoms with van der Waals surface area (Å²) in [5.74, 6) is 0. The van der Waals surface area contributed by atoms with Crippen molar-refractivity contribution in [1.82, 2.24) is 5.32 Å². The molecule has 0 aliphatic carbocycles. The first-order valence-corrected chi connectivity index (χ1v) is 10.8. The lowest BCUT2D eigenvalue weighted by molar-refractivity contribution is 0.0498. The van der Waals surface area contributed by atoms with E-state index in [2.05, 4.69) is 56.1 Å². The van der Waals surface area contributed by atoms with Crippen molar-refractivity contribution < 1.29 is 5.11 Å². The highest BCUT2D eigenvalue weighted by Crippen LogP contribution is 2.10. The number of hydrogen-bond donors (Lipinski definition) is 2. The summed E-state index contributed by atoms with van der Waals surface area (Å²) in [6.45, 7) is 12.6. The van der Waals surface area contributed by atoms with Crippen LogP contribution in [-0.4, -0.2) is 25.3 Å². The Balaban J connectivity index is 2.47. The molecule has 1 aromatic carbocycles. The van der Waals surface area contributed by atoms with Crippen LogP contribution in [0.3, 0.4) is 0 Å². The van der Waals surface area contributed by atoms with Gasteiger partial charge < -0.3 is 10.4 Å². The first-order chi connectivity index (χ1) is 8.74. The lowest BCUT2D eigenvalue weighted by Gasteiger charge is -2.23. The summed E-state index contributed by atoms with van der Waals surface area (Å²) in [6.07, 6.45) is 1.86. The molecule has 19 heavy (non-hydrogen) atoms. The average Bonchev–Trinajstić information content (AvgIpc) is 2.28. The SMILES string of the molecule is CCCC(C)(O)CNCc1ccc([Si](C)(C)C)cc1. The minimum Gasteiger partial charge on any atom is -0.389 e. The van der Waals surface area contributed by atoms with Crippen LogP contribution < -0.4 is 10.5 Å². The number of hydrogen-bond acceptors (Lipinski definition) is 2. The van der Waals surface area contributed by atoms with Crippen molar-refractivity contribution >= 4 is 13.3 Å². The van der Waals surface area contributed by atoms with Gasteiger partial charge in [-0.05, 0) is 18.9 Å². The maximum Gasteiger partial charge on any atom is 0.0775 e. The number of rotatable bonds is 7. The van der Waals surface area contributed by atoms with E-state index in [0.29, 0.717) is 6.54 Å². The van der Waals surface area contributed by atoms with Crippen molar-refractivity contribution in [3.8, 4) is 0 Å². The molecule has 0 spiro atoms. The zero-order chi connectivity index (χ0) is 14.5. The van der Waals surface area contributed by atoms with Crippen LogP contribution in [0, 0.1) is 0 Å². The Morgan fingerprint density at radius 1 is 1.16 bits per heavy atom. The predicted octanol–water partition coefficient (Wildman–Crippen LogP) is 2.87. The first kappa shape index (κ1) is 16.4.